The number of alkyl halides is 2. The summed E-state index contributed by atoms with van der Waals surface area (Å²) >= 11 is 17.5. The Morgan fingerprint density at radius 2 is 1.83 bits per heavy atom. The van der Waals surface area contributed by atoms with Crippen molar-refractivity contribution in [1.29, 1.82) is 0 Å². The molecular formula is C13H13Cl3O2. The molecule has 0 aromatic heterocycles. The van der Waals surface area contributed by atoms with Gasteiger partial charge in [0.1, 0.15) is 10.1 Å². The lowest BCUT2D eigenvalue weighted by molar-refractivity contribution is -0.123. The molecule has 1 fully saturated rings. The molecule has 1 atom stereocenters. The van der Waals surface area contributed by atoms with E-state index in [0.717, 1.165) is 12.0 Å². The fourth-order valence-electron chi connectivity index (χ4n) is 1.68. The van der Waals surface area contributed by atoms with E-state index in [1.165, 1.54) is 0 Å². The lowest BCUT2D eigenvalue weighted by Crippen LogP contribution is -2.34. The fraction of sp³-hybridized carbons (Fsp3) is 0.462. The van der Waals surface area contributed by atoms with Crippen LogP contribution in [0.3, 0.4) is 0 Å². The van der Waals surface area contributed by atoms with Crippen LogP contribution in [0.15, 0.2) is 24.3 Å². The monoisotopic (exact) mass is 306 g/mol. The number of carbonyl (C=O) groups is 1. The first-order valence-corrected chi connectivity index (χ1v) is 6.72. The average Bonchev–Trinajstić information content (AvgIpc) is 2.88. The second-order valence-corrected chi connectivity index (χ2v) is 6.86. The molecule has 0 amide bonds. The Hall–Kier alpha value is -0.440. The maximum atomic E-state index is 11.1. The fourth-order valence-corrected chi connectivity index (χ4v) is 2.28. The van der Waals surface area contributed by atoms with Crippen molar-refractivity contribution in [2.45, 2.75) is 36.1 Å². The number of benzene rings is 1. The van der Waals surface area contributed by atoms with Crippen LogP contribution in [-0.2, 0) is 4.79 Å². The Kier molecular flexibility index (Phi) is 3.56. The van der Waals surface area contributed by atoms with Crippen LogP contribution in [-0.4, -0.2) is 15.2 Å². The zero-order chi connectivity index (χ0) is 13.6. The van der Waals surface area contributed by atoms with E-state index in [0.29, 0.717) is 5.75 Å². The molecule has 2 rings (SSSR count). The SMILES string of the molecule is CC(C)(Oc1ccc(C2CC2(Cl)Cl)cc1)C(=O)Cl. The highest BCUT2D eigenvalue weighted by atomic mass is 35.5. The first-order chi connectivity index (χ1) is 8.22. The Morgan fingerprint density at radius 1 is 1.33 bits per heavy atom. The van der Waals surface area contributed by atoms with Crippen LogP contribution in [0.5, 0.6) is 5.75 Å². The number of rotatable bonds is 4. The second-order valence-electron chi connectivity index (χ2n) is 4.97. The summed E-state index contributed by atoms with van der Waals surface area (Å²) in [6.45, 7) is 3.25. The van der Waals surface area contributed by atoms with Gasteiger partial charge < -0.3 is 4.74 Å². The van der Waals surface area contributed by atoms with E-state index in [4.69, 9.17) is 39.5 Å². The van der Waals surface area contributed by atoms with E-state index in [1.54, 1.807) is 26.0 Å². The van der Waals surface area contributed by atoms with Crippen LogP contribution in [0.4, 0.5) is 0 Å². The summed E-state index contributed by atoms with van der Waals surface area (Å²) < 4.78 is 4.89. The lowest BCUT2D eigenvalue weighted by Gasteiger charge is -2.22. The first kappa shape index (κ1) is 14.0. The summed E-state index contributed by atoms with van der Waals surface area (Å²) in [5.41, 5.74) is 0.0353. The summed E-state index contributed by atoms with van der Waals surface area (Å²) in [6, 6.07) is 7.39. The molecule has 18 heavy (non-hydrogen) atoms. The molecule has 0 radical (unpaired) electrons. The first-order valence-electron chi connectivity index (χ1n) is 5.59. The van der Waals surface area contributed by atoms with Gasteiger partial charge in [-0.25, -0.2) is 0 Å². The Balaban J connectivity index is 2.07. The molecular weight excluding hydrogens is 294 g/mol. The van der Waals surface area contributed by atoms with Gasteiger partial charge in [0, 0.05) is 5.92 Å². The molecule has 1 aliphatic carbocycles. The number of halogens is 3. The van der Waals surface area contributed by atoms with Gasteiger partial charge >= 0.3 is 0 Å². The minimum atomic E-state index is -1.04. The van der Waals surface area contributed by atoms with Crippen molar-refractivity contribution in [2.75, 3.05) is 0 Å². The average molecular weight is 308 g/mol. The minimum Gasteiger partial charge on any atom is -0.479 e. The predicted octanol–water partition coefficient (Wildman–Crippen LogP) is 4.27. The van der Waals surface area contributed by atoms with E-state index in [9.17, 15) is 4.79 Å². The molecule has 0 N–H and O–H groups in total. The van der Waals surface area contributed by atoms with Gasteiger partial charge in [0.15, 0.2) is 5.60 Å². The molecule has 0 saturated heterocycles. The van der Waals surface area contributed by atoms with Gasteiger partial charge in [0.25, 0.3) is 5.24 Å². The van der Waals surface area contributed by atoms with E-state index < -0.39 is 15.2 Å². The van der Waals surface area contributed by atoms with Crippen molar-refractivity contribution in [1.82, 2.24) is 0 Å². The van der Waals surface area contributed by atoms with Gasteiger partial charge in [0.2, 0.25) is 0 Å². The molecule has 5 heteroatoms. The van der Waals surface area contributed by atoms with Gasteiger partial charge in [-0.05, 0) is 49.6 Å². The highest BCUT2D eigenvalue weighted by Gasteiger charge is 2.52. The molecule has 0 spiro atoms. The van der Waals surface area contributed by atoms with Crippen LogP contribution in [0.25, 0.3) is 0 Å². The maximum Gasteiger partial charge on any atom is 0.264 e. The highest BCUT2D eigenvalue weighted by molar-refractivity contribution is 6.65. The molecule has 98 valence electrons. The topological polar surface area (TPSA) is 26.3 Å². The van der Waals surface area contributed by atoms with Gasteiger partial charge in [0.05, 0.1) is 0 Å². The van der Waals surface area contributed by atoms with E-state index in [1.807, 2.05) is 12.1 Å². The largest absolute Gasteiger partial charge is 0.479 e. The summed E-state index contributed by atoms with van der Waals surface area (Å²) in [5.74, 6) is 0.769. The van der Waals surface area contributed by atoms with Crippen molar-refractivity contribution >= 4 is 40.0 Å². The quantitative estimate of drug-likeness (QED) is 0.613. The molecule has 1 aliphatic rings. The third kappa shape index (κ3) is 2.93. The minimum absolute atomic E-state index is 0.178. The summed E-state index contributed by atoms with van der Waals surface area (Å²) in [6.07, 6.45) is 0.766. The summed E-state index contributed by atoms with van der Waals surface area (Å²) in [5, 5.41) is -0.533. The number of carbonyl (C=O) groups excluding carboxylic acids is 1. The number of hydrogen-bond donors (Lipinski definition) is 0. The third-order valence-electron chi connectivity index (χ3n) is 2.95. The molecule has 0 heterocycles. The van der Waals surface area contributed by atoms with Crippen molar-refractivity contribution in [3.8, 4) is 5.75 Å². The van der Waals surface area contributed by atoms with Crippen LogP contribution >= 0.6 is 34.8 Å². The van der Waals surface area contributed by atoms with E-state index >= 15 is 0 Å². The number of ether oxygens (including phenoxy) is 1. The van der Waals surface area contributed by atoms with E-state index in [2.05, 4.69) is 0 Å². The lowest BCUT2D eigenvalue weighted by atomic mass is 10.1. The Bertz CT molecular complexity index is 466. The van der Waals surface area contributed by atoms with Crippen molar-refractivity contribution in [3.05, 3.63) is 29.8 Å². The zero-order valence-electron chi connectivity index (χ0n) is 10.0. The van der Waals surface area contributed by atoms with Crippen molar-refractivity contribution < 1.29 is 9.53 Å². The van der Waals surface area contributed by atoms with Crippen molar-refractivity contribution in [3.63, 3.8) is 0 Å². The van der Waals surface area contributed by atoms with Gasteiger partial charge in [-0.3, -0.25) is 4.79 Å². The van der Waals surface area contributed by atoms with Crippen molar-refractivity contribution in [2.24, 2.45) is 0 Å². The second kappa shape index (κ2) is 4.59. The van der Waals surface area contributed by atoms with Crippen LogP contribution in [0.2, 0.25) is 0 Å². The van der Waals surface area contributed by atoms with Crippen LogP contribution in [0.1, 0.15) is 31.7 Å². The molecule has 1 saturated carbocycles. The molecule has 0 aliphatic heterocycles. The molecule has 2 nitrogen and oxygen atoms in total. The highest BCUT2D eigenvalue weighted by Crippen LogP contribution is 2.59. The molecule has 1 aromatic carbocycles. The van der Waals surface area contributed by atoms with Crippen LogP contribution in [0, 0.1) is 0 Å². The number of hydrogen-bond acceptors (Lipinski definition) is 2. The molecule has 1 aromatic rings. The normalized spacial score (nSPS) is 21.5. The van der Waals surface area contributed by atoms with E-state index in [-0.39, 0.29) is 5.92 Å². The third-order valence-corrected chi connectivity index (χ3v) is 4.25. The summed E-state index contributed by atoms with van der Waals surface area (Å²) in [7, 11) is 0. The Morgan fingerprint density at radius 3 is 2.22 bits per heavy atom. The standard InChI is InChI=1S/C13H13Cl3O2/c1-12(2,11(14)17)18-9-5-3-8(4-6-9)10-7-13(10,15)16/h3-6,10H,7H2,1-2H3. The Labute approximate surface area is 121 Å². The molecule has 0 bridgehead atoms. The van der Waals surface area contributed by atoms with Gasteiger partial charge in [-0.15, -0.1) is 23.2 Å². The smallest absolute Gasteiger partial charge is 0.264 e. The van der Waals surface area contributed by atoms with Crippen LogP contribution < -0.4 is 4.74 Å². The molecule has 1 unspecified atom stereocenters. The predicted molar refractivity (Wildman–Crippen MR) is 73.8 cm³/mol. The van der Waals surface area contributed by atoms with Gasteiger partial charge in [-0.1, -0.05) is 12.1 Å². The zero-order valence-corrected chi connectivity index (χ0v) is 12.3. The summed E-state index contributed by atoms with van der Waals surface area (Å²) in [4.78, 5) is 11.1. The van der Waals surface area contributed by atoms with Gasteiger partial charge in [-0.2, -0.15) is 0 Å². The maximum absolute atomic E-state index is 11.1.